The van der Waals surface area contributed by atoms with Gasteiger partial charge in [0.2, 0.25) is 11.7 Å². The van der Waals surface area contributed by atoms with Gasteiger partial charge in [-0.2, -0.15) is 5.21 Å². The molecule has 0 bridgehead atoms. The van der Waals surface area contributed by atoms with Crippen LogP contribution in [-0.2, 0) is 20.7 Å². The van der Waals surface area contributed by atoms with E-state index in [1.807, 2.05) is 45.0 Å². The topological polar surface area (TPSA) is 169 Å². The Kier molecular flexibility index (Phi) is 10.6. The second-order valence-corrected chi connectivity index (χ2v) is 13.2. The number of H-pyrrole nitrogens is 1. The van der Waals surface area contributed by atoms with Gasteiger partial charge in [-0.05, 0) is 105 Å². The molecule has 0 radical (unpaired) electrons. The number of anilines is 1. The number of rotatable bonds is 9. The number of nitrogens with zero attached hydrogens (tertiary/aromatic N) is 5. The molecule has 0 unspecified atom stereocenters. The van der Waals surface area contributed by atoms with Crippen LogP contribution in [0.1, 0.15) is 52.0 Å². The number of pyridine rings is 1. The van der Waals surface area contributed by atoms with E-state index in [1.165, 1.54) is 4.90 Å². The monoisotopic (exact) mass is 658 g/mol. The van der Waals surface area contributed by atoms with Crippen molar-refractivity contribution in [3.05, 3.63) is 77.6 Å². The van der Waals surface area contributed by atoms with Crippen LogP contribution in [0.2, 0.25) is 5.02 Å². The van der Waals surface area contributed by atoms with Gasteiger partial charge in [0.1, 0.15) is 5.60 Å². The molecular formula is C34H39ClN8O4. The van der Waals surface area contributed by atoms with Crippen LogP contribution >= 0.6 is 11.6 Å². The smallest absolute Gasteiger partial charge is 0.407 e. The molecule has 13 heteroatoms. The molecule has 2 aromatic carbocycles. The molecule has 2 aromatic heterocycles. The van der Waals surface area contributed by atoms with Crippen molar-refractivity contribution in [2.75, 3.05) is 11.4 Å². The molecule has 12 nitrogen and oxygen atoms in total. The van der Waals surface area contributed by atoms with Crippen molar-refractivity contribution >= 4 is 35.2 Å². The lowest BCUT2D eigenvalue weighted by Crippen LogP contribution is -2.50. The fourth-order valence-corrected chi connectivity index (χ4v) is 5.88. The van der Waals surface area contributed by atoms with E-state index in [0.29, 0.717) is 41.5 Å². The van der Waals surface area contributed by atoms with Crippen LogP contribution in [0.5, 0.6) is 0 Å². The number of hydrogen-bond donors (Lipinski definition) is 3. The van der Waals surface area contributed by atoms with Crippen LogP contribution in [0.25, 0.3) is 22.5 Å². The van der Waals surface area contributed by atoms with E-state index in [0.717, 1.165) is 29.5 Å². The largest absolute Gasteiger partial charge is 0.444 e. The van der Waals surface area contributed by atoms with E-state index in [2.05, 4.69) is 30.9 Å². The van der Waals surface area contributed by atoms with Crippen molar-refractivity contribution in [3.63, 3.8) is 0 Å². The van der Waals surface area contributed by atoms with Gasteiger partial charge in [-0.3, -0.25) is 14.6 Å². The maximum Gasteiger partial charge on any atom is 0.407 e. The number of aromatic amines is 1. The van der Waals surface area contributed by atoms with Gasteiger partial charge in [0, 0.05) is 36.0 Å². The molecule has 0 spiro atoms. The quantitative estimate of drug-likeness (QED) is 0.215. The van der Waals surface area contributed by atoms with E-state index in [4.69, 9.17) is 22.1 Å². The fourth-order valence-electron chi connectivity index (χ4n) is 5.66. The van der Waals surface area contributed by atoms with Crippen LogP contribution in [0.15, 0.2) is 67.0 Å². The van der Waals surface area contributed by atoms with Gasteiger partial charge >= 0.3 is 6.09 Å². The number of benzene rings is 2. The number of carbonyl (C=O) groups excluding carboxylic acids is 3. The Balaban J connectivity index is 1.29. The number of alkyl carbamates (subject to hydrolysis) is 1. The molecule has 0 aliphatic heterocycles. The maximum absolute atomic E-state index is 14.1. The van der Waals surface area contributed by atoms with Crippen molar-refractivity contribution in [1.82, 2.24) is 30.9 Å². The van der Waals surface area contributed by atoms with Gasteiger partial charge in [-0.15, -0.1) is 10.2 Å². The van der Waals surface area contributed by atoms with Crippen LogP contribution in [0.4, 0.5) is 10.5 Å². The number of hydrogen-bond acceptors (Lipinski definition) is 9. The highest BCUT2D eigenvalue weighted by atomic mass is 35.5. The van der Waals surface area contributed by atoms with E-state index >= 15 is 0 Å². The van der Waals surface area contributed by atoms with Gasteiger partial charge in [0.05, 0.1) is 16.8 Å². The third kappa shape index (κ3) is 8.78. The molecule has 1 atom stereocenters. The van der Waals surface area contributed by atoms with Crippen molar-refractivity contribution in [2.45, 2.75) is 64.5 Å². The van der Waals surface area contributed by atoms with Crippen molar-refractivity contribution < 1.29 is 19.1 Å². The minimum absolute atomic E-state index is 0.205. The number of nitrogens with two attached hydrogens (primary N) is 1. The molecule has 5 rings (SSSR count). The number of ether oxygens (including phenoxy) is 1. The molecule has 0 saturated heterocycles. The predicted octanol–water partition coefficient (Wildman–Crippen LogP) is 5.34. The average Bonchev–Trinajstić information content (AvgIpc) is 3.60. The number of aromatic nitrogens is 5. The van der Waals surface area contributed by atoms with Gasteiger partial charge in [-0.25, -0.2) is 9.69 Å². The first-order chi connectivity index (χ1) is 22.5. The second-order valence-electron chi connectivity index (χ2n) is 12.8. The van der Waals surface area contributed by atoms with Crippen molar-refractivity contribution in [2.24, 2.45) is 17.6 Å². The number of halogens is 1. The summed E-state index contributed by atoms with van der Waals surface area (Å²) in [5.74, 6) is -0.555. The number of tetrazole rings is 1. The van der Waals surface area contributed by atoms with Crippen LogP contribution in [0, 0.1) is 11.8 Å². The normalized spacial score (nSPS) is 17.0. The van der Waals surface area contributed by atoms with Crippen molar-refractivity contribution in [3.8, 4) is 22.5 Å². The number of imide groups is 1. The van der Waals surface area contributed by atoms with Crippen molar-refractivity contribution in [1.29, 1.82) is 0 Å². The van der Waals surface area contributed by atoms with Gasteiger partial charge in [-0.1, -0.05) is 35.9 Å². The summed E-state index contributed by atoms with van der Waals surface area (Å²) >= 11 is 6.33. The molecule has 3 amide bonds. The van der Waals surface area contributed by atoms with E-state index < -0.39 is 23.6 Å². The third-order valence-corrected chi connectivity index (χ3v) is 8.43. The Morgan fingerprint density at radius 1 is 1.02 bits per heavy atom. The molecule has 1 aliphatic rings. The molecule has 246 valence electrons. The van der Waals surface area contributed by atoms with Gasteiger partial charge in [0.15, 0.2) is 0 Å². The predicted molar refractivity (Wildman–Crippen MR) is 178 cm³/mol. The van der Waals surface area contributed by atoms with Crippen LogP contribution in [-0.4, -0.2) is 61.7 Å². The minimum Gasteiger partial charge on any atom is -0.444 e. The first-order valence-electron chi connectivity index (χ1n) is 15.6. The summed E-state index contributed by atoms with van der Waals surface area (Å²) in [5.41, 5.74) is 9.56. The van der Waals surface area contributed by atoms with E-state index in [-0.39, 0.29) is 24.2 Å². The lowest BCUT2D eigenvalue weighted by molar-refractivity contribution is -0.130. The summed E-state index contributed by atoms with van der Waals surface area (Å²) in [6, 6.07) is 15.2. The Morgan fingerprint density at radius 3 is 2.32 bits per heavy atom. The fraction of sp³-hybridized carbons (Fsp3) is 0.382. The standard InChI is InChI=1S/C34H39ClN8O4/c1-34(2,3)47-33(46)38-19-22-6-10-25(11-7-22)31(44)43(26-14-12-24(13-15-26)30-39-41-42-40-30)32(45)29(36)18-21-4-8-23(9-5-21)27-20-37-17-16-28(27)35/h4-5,8-9,12-17,20,22,25,29H,6-7,10-11,18-19,36H2,1-3H3,(H,38,46)(H,39,40,41,42)/t22?,25?,29-/m0/s1. The molecule has 4 N–H and O–H groups in total. The first kappa shape index (κ1) is 33.7. The summed E-state index contributed by atoms with van der Waals surface area (Å²) < 4.78 is 5.34. The molecule has 1 saturated carbocycles. The minimum atomic E-state index is -0.974. The molecule has 2 heterocycles. The van der Waals surface area contributed by atoms with Gasteiger partial charge in [0.25, 0.3) is 5.91 Å². The molecule has 1 fully saturated rings. The number of carbonyl (C=O) groups is 3. The van der Waals surface area contributed by atoms with E-state index in [1.54, 1.807) is 42.7 Å². The highest BCUT2D eigenvalue weighted by molar-refractivity contribution is 6.33. The average molecular weight is 659 g/mol. The SMILES string of the molecule is CC(C)(C)OC(=O)NCC1CCC(C(=O)N(C(=O)[C@@H](N)Cc2ccc(-c3cnccc3Cl)cc2)c2ccc(-c3nn[nH]n3)cc2)CC1. The highest BCUT2D eigenvalue weighted by Crippen LogP contribution is 2.32. The summed E-state index contributed by atoms with van der Waals surface area (Å²) in [7, 11) is 0. The maximum atomic E-state index is 14.1. The zero-order chi connectivity index (χ0) is 33.6. The Labute approximate surface area is 278 Å². The summed E-state index contributed by atoms with van der Waals surface area (Å²) in [6.07, 6.45) is 5.72. The lowest BCUT2D eigenvalue weighted by atomic mass is 9.81. The zero-order valence-electron chi connectivity index (χ0n) is 26.6. The Bertz CT molecular complexity index is 1670. The Hall–Kier alpha value is -4.68. The summed E-state index contributed by atoms with van der Waals surface area (Å²) in [6.45, 7) is 5.91. The number of nitrogens with one attached hydrogen (secondary N) is 2. The molecular weight excluding hydrogens is 620 g/mol. The zero-order valence-corrected chi connectivity index (χ0v) is 27.4. The summed E-state index contributed by atoms with van der Waals surface area (Å²) in [4.78, 5) is 45.6. The highest BCUT2D eigenvalue weighted by Gasteiger charge is 2.35. The van der Waals surface area contributed by atoms with Crippen LogP contribution in [0.3, 0.4) is 0 Å². The third-order valence-electron chi connectivity index (χ3n) is 8.11. The first-order valence-corrected chi connectivity index (χ1v) is 16.0. The lowest BCUT2D eigenvalue weighted by Gasteiger charge is -2.32. The molecule has 47 heavy (non-hydrogen) atoms. The summed E-state index contributed by atoms with van der Waals surface area (Å²) in [5, 5.41) is 17.4. The number of amides is 3. The molecule has 1 aliphatic carbocycles. The van der Waals surface area contributed by atoms with E-state index in [9.17, 15) is 14.4 Å². The second kappa shape index (κ2) is 14.8. The van der Waals surface area contributed by atoms with Gasteiger partial charge < -0.3 is 15.8 Å². The molecule has 4 aromatic rings. The van der Waals surface area contributed by atoms with Crippen LogP contribution < -0.4 is 16.0 Å². The Morgan fingerprint density at radius 2 is 1.70 bits per heavy atom.